The van der Waals surface area contributed by atoms with Gasteiger partial charge in [-0.05, 0) is 65.0 Å². The van der Waals surface area contributed by atoms with Crippen molar-refractivity contribution in [2.24, 2.45) is 5.92 Å². The van der Waals surface area contributed by atoms with Gasteiger partial charge < -0.3 is 10.6 Å². The first-order valence-electron chi connectivity index (χ1n) is 8.09. The Morgan fingerprint density at radius 2 is 2.15 bits per heavy atom. The second kappa shape index (κ2) is 5.74. The predicted octanol–water partition coefficient (Wildman–Crippen LogP) is 2.84. The number of thiazole rings is 1. The summed E-state index contributed by atoms with van der Waals surface area (Å²) in [5.74, 6) is 0.589. The predicted molar refractivity (Wildman–Crippen MR) is 85.4 cm³/mol. The lowest BCUT2D eigenvalue weighted by atomic mass is 9.79. The van der Waals surface area contributed by atoms with Crippen LogP contribution in [0.2, 0.25) is 0 Å². The van der Waals surface area contributed by atoms with Crippen LogP contribution < -0.4 is 10.6 Å². The van der Waals surface area contributed by atoms with Gasteiger partial charge in [-0.1, -0.05) is 6.92 Å². The topological polar surface area (TPSA) is 37.0 Å². The molecule has 1 fully saturated rings. The van der Waals surface area contributed by atoms with Crippen molar-refractivity contribution in [3.05, 3.63) is 15.6 Å². The molecule has 0 bridgehead atoms. The van der Waals surface area contributed by atoms with Gasteiger partial charge in [-0.25, -0.2) is 4.98 Å². The zero-order chi connectivity index (χ0) is 14.2. The Labute approximate surface area is 126 Å². The highest BCUT2D eigenvalue weighted by molar-refractivity contribution is 7.11. The highest BCUT2D eigenvalue weighted by Gasteiger charge is 2.43. The first-order chi connectivity index (χ1) is 9.62. The molecule has 3 nitrogen and oxygen atoms in total. The summed E-state index contributed by atoms with van der Waals surface area (Å²) in [6.45, 7) is 9.05. The molecule has 1 aliphatic heterocycles. The fourth-order valence-electron chi connectivity index (χ4n) is 3.68. The summed E-state index contributed by atoms with van der Waals surface area (Å²) in [6, 6.07) is 0.497. The van der Waals surface area contributed by atoms with Crippen LogP contribution in [0, 0.1) is 5.92 Å². The van der Waals surface area contributed by atoms with Crippen LogP contribution in [0.1, 0.15) is 55.6 Å². The van der Waals surface area contributed by atoms with Gasteiger partial charge in [-0.2, -0.15) is 0 Å². The summed E-state index contributed by atoms with van der Waals surface area (Å²) < 4.78 is 0. The molecule has 0 radical (unpaired) electrons. The van der Waals surface area contributed by atoms with E-state index in [9.17, 15) is 0 Å². The van der Waals surface area contributed by atoms with Crippen LogP contribution in [-0.4, -0.2) is 24.1 Å². The van der Waals surface area contributed by atoms with Gasteiger partial charge in [-0.15, -0.1) is 11.3 Å². The summed E-state index contributed by atoms with van der Waals surface area (Å²) in [6.07, 6.45) is 6.25. The molecule has 20 heavy (non-hydrogen) atoms. The lowest BCUT2D eigenvalue weighted by Crippen LogP contribution is -2.57. The number of hydrogen-bond acceptors (Lipinski definition) is 4. The molecule has 3 rings (SSSR count). The van der Waals surface area contributed by atoms with Gasteiger partial charge in [0, 0.05) is 10.9 Å². The van der Waals surface area contributed by atoms with Crippen LogP contribution in [0.3, 0.4) is 0 Å². The molecule has 1 aliphatic carbocycles. The minimum Gasteiger partial charge on any atom is -0.316 e. The van der Waals surface area contributed by atoms with Crippen molar-refractivity contribution in [2.75, 3.05) is 13.1 Å². The average Bonchev–Trinajstić information content (AvgIpc) is 2.85. The Balaban J connectivity index is 1.97. The van der Waals surface area contributed by atoms with Gasteiger partial charge in [0.25, 0.3) is 0 Å². The molecule has 2 atom stereocenters. The zero-order valence-electron chi connectivity index (χ0n) is 13.0. The van der Waals surface area contributed by atoms with E-state index in [-0.39, 0.29) is 5.54 Å². The van der Waals surface area contributed by atoms with Crippen LogP contribution in [0.5, 0.6) is 0 Å². The molecule has 0 saturated carbocycles. The van der Waals surface area contributed by atoms with Crippen molar-refractivity contribution < 1.29 is 0 Å². The standard InChI is InChI=1S/C16H27N3S/c1-11(2)19-16(8-9-17-10-12(16)3)15-18-13-6-4-5-7-14(13)20-15/h11-12,17,19H,4-10H2,1-3H3. The molecule has 0 spiro atoms. The summed E-state index contributed by atoms with van der Waals surface area (Å²) in [7, 11) is 0. The normalized spacial score (nSPS) is 30.5. The highest BCUT2D eigenvalue weighted by Crippen LogP contribution is 2.40. The zero-order valence-corrected chi connectivity index (χ0v) is 13.8. The Kier molecular flexibility index (Phi) is 4.16. The van der Waals surface area contributed by atoms with Crippen LogP contribution in [0.15, 0.2) is 0 Å². The van der Waals surface area contributed by atoms with E-state index in [2.05, 4.69) is 31.4 Å². The molecule has 2 N–H and O–H groups in total. The molecule has 1 aromatic heterocycles. The Morgan fingerprint density at radius 3 is 2.85 bits per heavy atom. The van der Waals surface area contributed by atoms with Crippen molar-refractivity contribution in [2.45, 2.75) is 64.5 Å². The molecule has 1 saturated heterocycles. The van der Waals surface area contributed by atoms with E-state index in [1.165, 1.54) is 36.4 Å². The monoisotopic (exact) mass is 293 g/mol. The van der Waals surface area contributed by atoms with Crippen LogP contribution in [0.25, 0.3) is 0 Å². The Hall–Kier alpha value is -0.450. The van der Waals surface area contributed by atoms with Crippen LogP contribution in [-0.2, 0) is 18.4 Å². The van der Waals surface area contributed by atoms with Crippen molar-refractivity contribution in [1.29, 1.82) is 0 Å². The summed E-state index contributed by atoms with van der Waals surface area (Å²) >= 11 is 1.99. The van der Waals surface area contributed by atoms with Crippen molar-refractivity contribution in [3.8, 4) is 0 Å². The summed E-state index contributed by atoms with van der Waals surface area (Å²) in [4.78, 5) is 6.64. The fraction of sp³-hybridized carbons (Fsp3) is 0.812. The van der Waals surface area contributed by atoms with Crippen molar-refractivity contribution in [1.82, 2.24) is 15.6 Å². The first-order valence-corrected chi connectivity index (χ1v) is 8.91. The quantitative estimate of drug-likeness (QED) is 0.900. The van der Waals surface area contributed by atoms with E-state index in [0.29, 0.717) is 12.0 Å². The van der Waals surface area contributed by atoms with E-state index < -0.39 is 0 Å². The highest BCUT2D eigenvalue weighted by atomic mass is 32.1. The summed E-state index contributed by atoms with van der Waals surface area (Å²) in [5.41, 5.74) is 1.48. The molecule has 1 aromatic rings. The SMILES string of the molecule is CC(C)NC1(c2nc3c(s2)CCCC3)CCNCC1C. The third-order valence-electron chi connectivity index (χ3n) is 4.76. The fourth-order valence-corrected chi connectivity index (χ4v) is 5.12. The largest absolute Gasteiger partial charge is 0.316 e. The molecular weight excluding hydrogens is 266 g/mol. The smallest absolute Gasteiger partial charge is 0.114 e. The number of rotatable bonds is 3. The second-order valence-electron chi connectivity index (χ2n) is 6.72. The van der Waals surface area contributed by atoms with Gasteiger partial charge in [0.05, 0.1) is 11.2 Å². The van der Waals surface area contributed by atoms with Gasteiger partial charge in [0.15, 0.2) is 0 Å². The van der Waals surface area contributed by atoms with E-state index in [0.717, 1.165) is 19.5 Å². The maximum atomic E-state index is 5.08. The number of fused-ring (bicyclic) bond motifs is 1. The van der Waals surface area contributed by atoms with Gasteiger partial charge in [0.1, 0.15) is 5.01 Å². The number of hydrogen-bond donors (Lipinski definition) is 2. The van der Waals surface area contributed by atoms with Crippen molar-refractivity contribution >= 4 is 11.3 Å². The molecule has 0 amide bonds. The first kappa shape index (κ1) is 14.5. The summed E-state index contributed by atoms with van der Waals surface area (Å²) in [5, 5.41) is 8.76. The minimum absolute atomic E-state index is 0.0847. The maximum absolute atomic E-state index is 5.08. The lowest BCUT2D eigenvalue weighted by Gasteiger charge is -2.43. The molecule has 112 valence electrons. The molecule has 2 aliphatic rings. The van der Waals surface area contributed by atoms with Crippen molar-refractivity contribution in [3.63, 3.8) is 0 Å². The minimum atomic E-state index is 0.0847. The average molecular weight is 293 g/mol. The number of piperidine rings is 1. The third-order valence-corrected chi connectivity index (χ3v) is 6.10. The van der Waals surface area contributed by atoms with Gasteiger partial charge >= 0.3 is 0 Å². The van der Waals surface area contributed by atoms with Gasteiger partial charge in [0.2, 0.25) is 0 Å². The number of nitrogens with one attached hydrogen (secondary N) is 2. The van der Waals surface area contributed by atoms with E-state index >= 15 is 0 Å². The third kappa shape index (κ3) is 2.53. The Morgan fingerprint density at radius 1 is 1.35 bits per heavy atom. The molecule has 0 aromatic carbocycles. The number of aryl methyl sites for hydroxylation is 2. The maximum Gasteiger partial charge on any atom is 0.114 e. The lowest BCUT2D eigenvalue weighted by molar-refractivity contribution is 0.154. The van der Waals surface area contributed by atoms with E-state index in [1.807, 2.05) is 11.3 Å². The number of nitrogens with zero attached hydrogens (tertiary/aromatic N) is 1. The second-order valence-corrected chi connectivity index (χ2v) is 7.81. The van der Waals surface area contributed by atoms with E-state index in [4.69, 9.17) is 4.98 Å². The van der Waals surface area contributed by atoms with Crippen LogP contribution in [0.4, 0.5) is 0 Å². The van der Waals surface area contributed by atoms with Crippen LogP contribution >= 0.6 is 11.3 Å². The molecule has 2 heterocycles. The molecular formula is C16H27N3S. The number of aromatic nitrogens is 1. The Bertz CT molecular complexity index is 445. The molecule has 2 unspecified atom stereocenters. The van der Waals surface area contributed by atoms with Gasteiger partial charge in [-0.3, -0.25) is 0 Å². The molecule has 4 heteroatoms. The van der Waals surface area contributed by atoms with E-state index in [1.54, 1.807) is 4.88 Å².